The number of carboxylic acid groups (broad SMARTS) is 1. The molecule has 0 radical (unpaired) electrons. The third-order valence-electron chi connectivity index (χ3n) is 1.67. The molecule has 0 aromatic rings. The Balaban J connectivity index is 4.05. The number of hydrogen-bond acceptors (Lipinski definition) is 4. The van der Waals surface area contributed by atoms with Gasteiger partial charge >= 0.3 is 5.97 Å². The van der Waals surface area contributed by atoms with Gasteiger partial charge in [0.05, 0.1) is 0 Å². The highest BCUT2D eigenvalue weighted by molar-refractivity contribution is 6.24. The van der Waals surface area contributed by atoms with Crippen molar-refractivity contribution in [2.45, 2.75) is 18.9 Å². The summed E-state index contributed by atoms with van der Waals surface area (Å²) in [6.45, 7) is 0.267. The summed E-state index contributed by atoms with van der Waals surface area (Å²) in [5.41, 5.74) is 10.1. The summed E-state index contributed by atoms with van der Waals surface area (Å²) >= 11 is 0. The molecule has 0 heterocycles. The molecule has 0 aliphatic carbocycles. The lowest BCUT2D eigenvalue weighted by Crippen LogP contribution is -2.41. The maximum Gasteiger partial charge on any atom is 0.326 e. The van der Waals surface area contributed by atoms with Crippen LogP contribution in [-0.2, 0) is 14.4 Å². The van der Waals surface area contributed by atoms with E-state index in [1.165, 1.54) is 0 Å². The molecule has 0 aromatic carbocycles. The smallest absolute Gasteiger partial charge is 0.326 e. The quantitative estimate of drug-likeness (QED) is 0.128. The van der Waals surface area contributed by atoms with E-state index in [0.717, 1.165) is 0 Å². The lowest BCUT2D eigenvalue weighted by atomic mass is 10.1. The van der Waals surface area contributed by atoms with Crippen molar-refractivity contribution in [3.63, 3.8) is 0 Å². The van der Waals surface area contributed by atoms with Crippen LogP contribution in [0.3, 0.4) is 0 Å². The highest BCUT2D eigenvalue weighted by Gasteiger charge is 2.18. The lowest BCUT2D eigenvalue weighted by molar-refractivity contribution is -0.142. The second-order valence-electron chi connectivity index (χ2n) is 2.97. The fraction of sp³-hybridized carbons (Fsp3) is 0.500. The fourth-order valence-corrected chi connectivity index (χ4v) is 0.967. The number of carbonyl (C=O) groups excluding carboxylic acids is 2. The number of carbonyl (C=O) groups is 3. The first-order valence-corrected chi connectivity index (χ1v) is 4.51. The van der Waals surface area contributed by atoms with Gasteiger partial charge in [-0.3, -0.25) is 14.6 Å². The molecule has 6 N–H and O–H groups in total. The first kappa shape index (κ1) is 13.9. The second kappa shape index (κ2) is 7.21. The third kappa shape index (κ3) is 6.35. The minimum absolute atomic E-state index is 0.0198. The number of aldehydes is 1. The first-order valence-electron chi connectivity index (χ1n) is 4.51. The van der Waals surface area contributed by atoms with Crippen LogP contribution in [0.5, 0.6) is 0 Å². The lowest BCUT2D eigenvalue weighted by Gasteiger charge is -2.11. The standard InChI is InChI=1S/C8H14N4O4/c9-8(10)11-3-1-2-5(7(15)16)12-6(14)4-13/h4-5H,1-3H2,(H,12,14)(H,15,16)(H4,9,10,11). The maximum absolute atomic E-state index is 10.7. The number of nitrogens with zero attached hydrogens (tertiary/aromatic N) is 1. The molecule has 0 fully saturated rings. The predicted molar refractivity (Wildman–Crippen MR) is 55.5 cm³/mol. The summed E-state index contributed by atoms with van der Waals surface area (Å²) in [4.78, 5) is 35.0. The van der Waals surface area contributed by atoms with E-state index in [-0.39, 0.29) is 25.2 Å². The number of aliphatic imine (C=N–C) groups is 1. The van der Waals surface area contributed by atoms with Crippen LogP contribution in [0.2, 0.25) is 0 Å². The Labute approximate surface area is 91.7 Å². The number of hydrogen-bond donors (Lipinski definition) is 4. The highest BCUT2D eigenvalue weighted by Crippen LogP contribution is 1.98. The summed E-state index contributed by atoms with van der Waals surface area (Å²) in [5.74, 6) is -2.25. The van der Waals surface area contributed by atoms with Crippen LogP contribution in [-0.4, -0.2) is 41.8 Å². The Morgan fingerprint density at radius 2 is 2.06 bits per heavy atom. The number of nitrogens with two attached hydrogens (primary N) is 2. The SMILES string of the molecule is NC(N)=NCCCC(NC(=O)C=O)C(=O)O. The molecule has 1 atom stereocenters. The van der Waals surface area contributed by atoms with Crippen molar-refractivity contribution in [3.05, 3.63) is 0 Å². The average Bonchev–Trinajstić information content (AvgIpc) is 2.21. The van der Waals surface area contributed by atoms with Crippen molar-refractivity contribution in [1.82, 2.24) is 5.32 Å². The minimum atomic E-state index is -1.21. The molecule has 8 nitrogen and oxygen atoms in total. The van der Waals surface area contributed by atoms with Gasteiger partial charge in [-0.05, 0) is 12.8 Å². The molecule has 0 saturated carbocycles. The van der Waals surface area contributed by atoms with Crippen molar-refractivity contribution in [1.29, 1.82) is 0 Å². The van der Waals surface area contributed by atoms with Gasteiger partial charge in [0.2, 0.25) is 6.29 Å². The molecular formula is C8H14N4O4. The summed E-state index contributed by atoms with van der Waals surface area (Å²) in [6.07, 6.45) is 0.547. The molecule has 0 bridgehead atoms. The van der Waals surface area contributed by atoms with Gasteiger partial charge in [0, 0.05) is 6.54 Å². The van der Waals surface area contributed by atoms with Crippen molar-refractivity contribution in [2.24, 2.45) is 16.5 Å². The molecule has 16 heavy (non-hydrogen) atoms. The first-order chi connectivity index (χ1) is 7.47. The van der Waals surface area contributed by atoms with Gasteiger partial charge in [0.25, 0.3) is 5.91 Å². The maximum atomic E-state index is 10.7. The Hall–Kier alpha value is -2.12. The highest BCUT2D eigenvalue weighted by atomic mass is 16.4. The second-order valence-corrected chi connectivity index (χ2v) is 2.97. The van der Waals surface area contributed by atoms with Crippen molar-refractivity contribution >= 4 is 24.1 Å². The zero-order valence-corrected chi connectivity index (χ0v) is 8.55. The Morgan fingerprint density at radius 1 is 1.44 bits per heavy atom. The fourth-order valence-electron chi connectivity index (χ4n) is 0.967. The Morgan fingerprint density at radius 3 is 2.50 bits per heavy atom. The Bertz CT molecular complexity index is 298. The molecule has 0 aliphatic heterocycles. The largest absolute Gasteiger partial charge is 0.480 e. The zero-order valence-electron chi connectivity index (χ0n) is 8.55. The van der Waals surface area contributed by atoms with Gasteiger partial charge < -0.3 is 21.9 Å². The zero-order chi connectivity index (χ0) is 12.6. The van der Waals surface area contributed by atoms with Crippen molar-refractivity contribution in [2.75, 3.05) is 6.54 Å². The number of rotatable bonds is 7. The molecule has 8 heteroatoms. The number of nitrogens with one attached hydrogen (secondary N) is 1. The number of amides is 1. The molecule has 0 spiro atoms. The monoisotopic (exact) mass is 230 g/mol. The number of aliphatic carboxylic acids is 1. The summed E-state index contributed by atoms with van der Waals surface area (Å²) in [7, 11) is 0. The van der Waals surface area contributed by atoms with E-state index in [1.807, 2.05) is 5.32 Å². The topological polar surface area (TPSA) is 148 Å². The van der Waals surface area contributed by atoms with Crippen LogP contribution in [0.15, 0.2) is 4.99 Å². The van der Waals surface area contributed by atoms with E-state index < -0.39 is 17.9 Å². The normalized spacial score (nSPS) is 11.2. The van der Waals surface area contributed by atoms with Crippen LogP contribution in [0.25, 0.3) is 0 Å². The van der Waals surface area contributed by atoms with E-state index in [4.69, 9.17) is 16.6 Å². The molecular weight excluding hydrogens is 216 g/mol. The van der Waals surface area contributed by atoms with E-state index in [0.29, 0.717) is 6.42 Å². The summed E-state index contributed by atoms with van der Waals surface area (Å²) < 4.78 is 0. The molecule has 0 aliphatic rings. The summed E-state index contributed by atoms with van der Waals surface area (Å²) in [6, 6.07) is -1.10. The van der Waals surface area contributed by atoms with Crippen LogP contribution in [0.4, 0.5) is 0 Å². The van der Waals surface area contributed by atoms with Crippen LogP contribution >= 0.6 is 0 Å². The minimum Gasteiger partial charge on any atom is -0.480 e. The molecule has 0 aromatic heterocycles. The number of carboxylic acids is 1. The summed E-state index contributed by atoms with van der Waals surface area (Å²) in [5, 5.41) is 10.7. The van der Waals surface area contributed by atoms with Crippen LogP contribution < -0.4 is 16.8 Å². The Kier molecular flexibility index (Phi) is 6.25. The molecule has 0 saturated heterocycles. The van der Waals surface area contributed by atoms with Gasteiger partial charge in [-0.1, -0.05) is 0 Å². The van der Waals surface area contributed by atoms with Gasteiger partial charge in [0.1, 0.15) is 6.04 Å². The average molecular weight is 230 g/mol. The van der Waals surface area contributed by atoms with Crippen LogP contribution in [0.1, 0.15) is 12.8 Å². The molecule has 1 unspecified atom stereocenters. The van der Waals surface area contributed by atoms with Crippen molar-refractivity contribution in [3.8, 4) is 0 Å². The number of guanidine groups is 1. The van der Waals surface area contributed by atoms with Crippen LogP contribution in [0, 0.1) is 0 Å². The van der Waals surface area contributed by atoms with Gasteiger partial charge in [-0.25, -0.2) is 4.79 Å². The van der Waals surface area contributed by atoms with Gasteiger partial charge in [0.15, 0.2) is 5.96 Å². The van der Waals surface area contributed by atoms with E-state index in [9.17, 15) is 14.4 Å². The van der Waals surface area contributed by atoms with E-state index in [2.05, 4.69) is 4.99 Å². The molecule has 90 valence electrons. The third-order valence-corrected chi connectivity index (χ3v) is 1.67. The van der Waals surface area contributed by atoms with E-state index >= 15 is 0 Å². The predicted octanol–water partition coefficient (Wildman–Crippen LogP) is -2.19. The van der Waals surface area contributed by atoms with E-state index in [1.54, 1.807) is 0 Å². The molecule has 0 rings (SSSR count). The van der Waals surface area contributed by atoms with Crippen molar-refractivity contribution < 1.29 is 19.5 Å². The van der Waals surface area contributed by atoms with Gasteiger partial charge in [-0.2, -0.15) is 0 Å². The van der Waals surface area contributed by atoms with Gasteiger partial charge in [-0.15, -0.1) is 0 Å². The molecule has 1 amide bonds.